The Morgan fingerprint density at radius 1 is 1.21 bits per heavy atom. The van der Waals surface area contributed by atoms with Crippen LogP contribution in [0.3, 0.4) is 0 Å². The first kappa shape index (κ1) is 14.8. The third-order valence-electron chi connectivity index (χ3n) is 3.88. The van der Waals surface area contributed by atoms with Crippen molar-refractivity contribution >= 4 is 11.3 Å². The summed E-state index contributed by atoms with van der Waals surface area (Å²) in [5.41, 5.74) is 3.85. The van der Waals surface area contributed by atoms with Crippen molar-refractivity contribution in [2.24, 2.45) is 0 Å². The van der Waals surface area contributed by atoms with E-state index < -0.39 is 0 Å². The predicted octanol–water partition coefficient (Wildman–Crippen LogP) is 3.51. The maximum Gasteiger partial charge on any atom is 0.113 e. The minimum absolute atomic E-state index is 0.0606. The molecule has 1 aromatic carbocycles. The summed E-state index contributed by atoms with van der Waals surface area (Å²) in [6, 6.07) is 10.1. The highest BCUT2D eigenvalue weighted by atomic mass is 32.1. The van der Waals surface area contributed by atoms with Crippen LogP contribution >= 0.6 is 11.3 Å². The zero-order valence-corrected chi connectivity index (χ0v) is 14.2. The van der Waals surface area contributed by atoms with Crippen LogP contribution in [0.4, 0.5) is 0 Å². The molecular formula is C17H16N6S. The molecule has 0 saturated heterocycles. The molecule has 0 saturated carbocycles. The molecule has 4 rings (SSSR count). The van der Waals surface area contributed by atoms with Gasteiger partial charge < -0.3 is 0 Å². The molecule has 0 N–H and O–H groups in total. The smallest absolute Gasteiger partial charge is 0.113 e. The van der Waals surface area contributed by atoms with Gasteiger partial charge in [0.1, 0.15) is 5.69 Å². The van der Waals surface area contributed by atoms with E-state index in [2.05, 4.69) is 38.8 Å². The fourth-order valence-electron chi connectivity index (χ4n) is 2.54. The normalized spacial score (nSPS) is 12.4. The Morgan fingerprint density at radius 2 is 2.12 bits per heavy atom. The summed E-state index contributed by atoms with van der Waals surface area (Å²) in [5, 5.41) is 16.0. The van der Waals surface area contributed by atoms with Gasteiger partial charge in [-0.2, -0.15) is 5.10 Å². The predicted molar refractivity (Wildman–Crippen MR) is 93.2 cm³/mol. The van der Waals surface area contributed by atoms with Crippen molar-refractivity contribution in [3.8, 4) is 16.9 Å². The summed E-state index contributed by atoms with van der Waals surface area (Å²) in [7, 11) is 0. The van der Waals surface area contributed by atoms with Gasteiger partial charge in [-0.1, -0.05) is 17.3 Å². The first-order valence-corrected chi connectivity index (χ1v) is 8.53. The van der Waals surface area contributed by atoms with Crippen molar-refractivity contribution in [1.82, 2.24) is 29.8 Å². The largest absolute Gasteiger partial charge is 0.244 e. The van der Waals surface area contributed by atoms with E-state index in [1.807, 2.05) is 52.9 Å². The lowest BCUT2D eigenvalue weighted by Gasteiger charge is -2.07. The molecule has 0 fully saturated rings. The van der Waals surface area contributed by atoms with Gasteiger partial charge in [0.15, 0.2) is 0 Å². The van der Waals surface area contributed by atoms with Crippen LogP contribution < -0.4 is 0 Å². The summed E-state index contributed by atoms with van der Waals surface area (Å²) in [4.78, 5) is 4.54. The quantitative estimate of drug-likeness (QED) is 0.572. The molecule has 3 heterocycles. The van der Waals surface area contributed by atoms with Crippen molar-refractivity contribution in [2.45, 2.75) is 19.9 Å². The molecular weight excluding hydrogens is 320 g/mol. The van der Waals surface area contributed by atoms with Gasteiger partial charge in [0.25, 0.3) is 0 Å². The number of hydrogen-bond donors (Lipinski definition) is 0. The molecule has 0 bridgehead atoms. The maximum absolute atomic E-state index is 4.54. The summed E-state index contributed by atoms with van der Waals surface area (Å²) < 4.78 is 3.68. The molecule has 3 aromatic heterocycles. The Kier molecular flexibility index (Phi) is 3.70. The third kappa shape index (κ3) is 2.74. The number of nitrogens with zero attached hydrogens (tertiary/aromatic N) is 6. The molecule has 120 valence electrons. The lowest BCUT2D eigenvalue weighted by atomic mass is 10.1. The van der Waals surface area contributed by atoms with E-state index >= 15 is 0 Å². The van der Waals surface area contributed by atoms with E-state index in [9.17, 15) is 0 Å². The SMILES string of the molecule is Cc1nc([C@H](C)n2cc(-c3cccc(-n4cccn4)c3)nn2)cs1. The third-order valence-corrected chi connectivity index (χ3v) is 4.67. The van der Waals surface area contributed by atoms with Crippen molar-refractivity contribution in [2.75, 3.05) is 0 Å². The van der Waals surface area contributed by atoms with E-state index in [1.165, 1.54) is 0 Å². The Morgan fingerprint density at radius 3 is 2.88 bits per heavy atom. The van der Waals surface area contributed by atoms with Crippen LogP contribution in [0, 0.1) is 6.92 Å². The van der Waals surface area contributed by atoms with Crippen molar-refractivity contribution in [1.29, 1.82) is 0 Å². The molecule has 1 atom stereocenters. The zero-order valence-electron chi connectivity index (χ0n) is 13.4. The van der Waals surface area contributed by atoms with E-state index in [1.54, 1.807) is 17.5 Å². The summed E-state index contributed by atoms with van der Waals surface area (Å²) in [5.74, 6) is 0. The summed E-state index contributed by atoms with van der Waals surface area (Å²) in [6.45, 7) is 4.08. The van der Waals surface area contributed by atoms with Gasteiger partial charge in [-0.15, -0.1) is 16.4 Å². The van der Waals surface area contributed by atoms with Crippen molar-refractivity contribution in [3.63, 3.8) is 0 Å². The molecule has 0 aliphatic carbocycles. The van der Waals surface area contributed by atoms with Crippen LogP contribution in [0.1, 0.15) is 23.7 Å². The van der Waals surface area contributed by atoms with Gasteiger partial charge in [0.2, 0.25) is 0 Å². The number of thiazole rings is 1. The van der Waals surface area contributed by atoms with E-state index in [0.717, 1.165) is 27.6 Å². The van der Waals surface area contributed by atoms with Crippen LogP contribution in [0.15, 0.2) is 54.3 Å². The molecule has 0 spiro atoms. The topological polar surface area (TPSA) is 61.4 Å². The molecule has 0 aliphatic heterocycles. The Hall–Kier alpha value is -2.80. The lowest BCUT2D eigenvalue weighted by Crippen LogP contribution is -2.07. The van der Waals surface area contributed by atoms with E-state index in [0.29, 0.717) is 0 Å². The van der Waals surface area contributed by atoms with E-state index in [-0.39, 0.29) is 6.04 Å². The van der Waals surface area contributed by atoms with E-state index in [4.69, 9.17) is 0 Å². The van der Waals surface area contributed by atoms with Crippen LogP contribution in [0.5, 0.6) is 0 Å². The number of aromatic nitrogens is 6. The zero-order chi connectivity index (χ0) is 16.5. The first-order valence-electron chi connectivity index (χ1n) is 7.65. The molecule has 6 nitrogen and oxygen atoms in total. The number of aryl methyl sites for hydroxylation is 1. The van der Waals surface area contributed by atoms with Crippen LogP contribution in [-0.2, 0) is 0 Å². The minimum Gasteiger partial charge on any atom is -0.244 e. The Labute approximate surface area is 143 Å². The van der Waals surface area contributed by atoms with Gasteiger partial charge in [-0.05, 0) is 32.0 Å². The molecule has 0 unspecified atom stereocenters. The molecule has 4 aromatic rings. The maximum atomic E-state index is 4.54. The number of hydrogen-bond acceptors (Lipinski definition) is 5. The average molecular weight is 336 g/mol. The number of rotatable bonds is 4. The van der Waals surface area contributed by atoms with Gasteiger partial charge in [-0.3, -0.25) is 0 Å². The van der Waals surface area contributed by atoms with Crippen LogP contribution in [0.2, 0.25) is 0 Å². The second kappa shape index (κ2) is 6.01. The number of benzene rings is 1. The molecule has 24 heavy (non-hydrogen) atoms. The second-order valence-corrected chi connectivity index (χ2v) is 6.61. The van der Waals surface area contributed by atoms with Crippen LogP contribution in [-0.4, -0.2) is 29.8 Å². The fraction of sp³-hybridized carbons (Fsp3) is 0.176. The average Bonchev–Trinajstić information content (AvgIpc) is 3.35. The van der Waals surface area contributed by atoms with Crippen LogP contribution in [0.25, 0.3) is 16.9 Å². The van der Waals surface area contributed by atoms with Gasteiger partial charge >= 0.3 is 0 Å². The summed E-state index contributed by atoms with van der Waals surface area (Å²) in [6.07, 6.45) is 5.64. The molecule has 0 aliphatic rings. The molecule has 0 amide bonds. The Bertz CT molecular complexity index is 953. The monoisotopic (exact) mass is 336 g/mol. The highest BCUT2D eigenvalue weighted by Gasteiger charge is 2.14. The lowest BCUT2D eigenvalue weighted by molar-refractivity contribution is 0.533. The fourth-order valence-corrected chi connectivity index (χ4v) is 3.23. The van der Waals surface area contributed by atoms with Gasteiger partial charge in [-0.25, -0.2) is 14.3 Å². The standard InChI is InChI=1S/C17H16N6S/c1-12(17-11-24-13(2)19-17)23-10-16(20-21-23)14-5-3-6-15(9-14)22-8-4-7-18-22/h3-12H,1-2H3/t12-/m0/s1. The first-order chi connectivity index (χ1) is 11.7. The van der Waals surface area contributed by atoms with Crippen molar-refractivity contribution < 1.29 is 0 Å². The van der Waals surface area contributed by atoms with Gasteiger partial charge in [0, 0.05) is 23.3 Å². The second-order valence-electron chi connectivity index (χ2n) is 5.55. The molecule has 7 heteroatoms. The minimum atomic E-state index is 0.0606. The summed E-state index contributed by atoms with van der Waals surface area (Å²) >= 11 is 1.65. The van der Waals surface area contributed by atoms with Gasteiger partial charge in [0.05, 0.1) is 28.6 Å². The Balaban J connectivity index is 1.64. The highest BCUT2D eigenvalue weighted by molar-refractivity contribution is 7.09. The van der Waals surface area contributed by atoms with Crippen molar-refractivity contribution in [3.05, 3.63) is 65.0 Å². The molecule has 0 radical (unpaired) electrons. The highest BCUT2D eigenvalue weighted by Crippen LogP contribution is 2.23.